The summed E-state index contributed by atoms with van der Waals surface area (Å²) in [6.07, 6.45) is 3.02. The van der Waals surface area contributed by atoms with Gasteiger partial charge in [-0.3, -0.25) is 14.6 Å². The minimum atomic E-state index is -0.560. The van der Waals surface area contributed by atoms with Gasteiger partial charge in [-0.15, -0.1) is 0 Å². The maximum Gasteiger partial charge on any atom is 0.248 e. The number of carbonyl (C=O) groups is 2. The Morgan fingerprint density at radius 1 is 1.22 bits per heavy atom. The van der Waals surface area contributed by atoms with Gasteiger partial charge in [0.1, 0.15) is 6.10 Å². The third kappa shape index (κ3) is 8.90. The highest BCUT2D eigenvalue weighted by Crippen LogP contribution is 1.95. The minimum absolute atomic E-state index is 0.118. The molecule has 1 aromatic heterocycles. The topological polar surface area (TPSA) is 89.5 Å². The van der Waals surface area contributed by atoms with Crippen molar-refractivity contribution in [1.29, 1.82) is 0 Å². The summed E-state index contributed by atoms with van der Waals surface area (Å²) < 4.78 is 10.5. The number of pyridine rings is 1. The van der Waals surface area contributed by atoms with Crippen LogP contribution < -0.4 is 10.6 Å². The molecular formula is C16H25N3O4. The highest BCUT2D eigenvalue weighted by atomic mass is 16.5. The van der Waals surface area contributed by atoms with Crippen molar-refractivity contribution in [1.82, 2.24) is 15.6 Å². The molecule has 128 valence electrons. The van der Waals surface area contributed by atoms with Crippen LogP contribution in [0.1, 0.15) is 25.8 Å². The lowest BCUT2D eigenvalue weighted by Crippen LogP contribution is -2.37. The van der Waals surface area contributed by atoms with Gasteiger partial charge < -0.3 is 20.1 Å². The molecule has 7 heteroatoms. The second-order valence-corrected chi connectivity index (χ2v) is 4.88. The smallest absolute Gasteiger partial charge is 0.248 e. The predicted octanol–water partition coefficient (Wildman–Crippen LogP) is 0.646. The summed E-state index contributed by atoms with van der Waals surface area (Å²) in [5.74, 6) is -0.351. The van der Waals surface area contributed by atoms with Gasteiger partial charge in [0.05, 0.1) is 13.2 Å². The maximum absolute atomic E-state index is 11.8. The highest BCUT2D eigenvalue weighted by Gasteiger charge is 2.13. The van der Waals surface area contributed by atoms with Crippen LogP contribution in [0.15, 0.2) is 24.5 Å². The van der Waals surface area contributed by atoms with Gasteiger partial charge in [-0.05, 0) is 31.5 Å². The number of ether oxygens (including phenoxy) is 2. The molecule has 2 N–H and O–H groups in total. The molecule has 0 aliphatic rings. The van der Waals surface area contributed by atoms with Crippen LogP contribution in [0.3, 0.4) is 0 Å². The summed E-state index contributed by atoms with van der Waals surface area (Å²) in [5.41, 5.74) is 0.980. The molecule has 0 bridgehead atoms. The van der Waals surface area contributed by atoms with E-state index in [4.69, 9.17) is 9.47 Å². The lowest BCUT2D eigenvalue weighted by atomic mass is 10.2. The first-order valence-corrected chi connectivity index (χ1v) is 7.76. The van der Waals surface area contributed by atoms with Crippen molar-refractivity contribution in [3.05, 3.63) is 30.1 Å². The number of nitrogens with one attached hydrogen (secondary N) is 2. The van der Waals surface area contributed by atoms with Gasteiger partial charge >= 0.3 is 0 Å². The number of hydrogen-bond acceptors (Lipinski definition) is 5. The van der Waals surface area contributed by atoms with Crippen LogP contribution in [0.5, 0.6) is 0 Å². The summed E-state index contributed by atoms with van der Waals surface area (Å²) >= 11 is 0. The zero-order chi connectivity index (χ0) is 16.9. The molecule has 0 aliphatic heterocycles. The molecule has 0 aliphatic carbocycles. The Balaban J connectivity index is 2.10. The summed E-state index contributed by atoms with van der Waals surface area (Å²) in [4.78, 5) is 27.3. The third-order valence-electron chi connectivity index (χ3n) is 3.06. The lowest BCUT2D eigenvalue weighted by molar-refractivity contribution is -0.132. The van der Waals surface area contributed by atoms with E-state index in [0.717, 1.165) is 5.56 Å². The van der Waals surface area contributed by atoms with Crippen molar-refractivity contribution in [3.8, 4) is 0 Å². The van der Waals surface area contributed by atoms with Gasteiger partial charge in [-0.2, -0.15) is 0 Å². The van der Waals surface area contributed by atoms with E-state index in [9.17, 15) is 9.59 Å². The van der Waals surface area contributed by atoms with Crippen LogP contribution in [0.2, 0.25) is 0 Å². The number of carbonyl (C=O) groups excluding carboxylic acids is 2. The van der Waals surface area contributed by atoms with E-state index in [1.165, 1.54) is 0 Å². The molecule has 0 fully saturated rings. The quantitative estimate of drug-likeness (QED) is 0.584. The number of nitrogens with zero attached hydrogens (tertiary/aromatic N) is 1. The van der Waals surface area contributed by atoms with Crippen LogP contribution in [0.25, 0.3) is 0 Å². The Bertz CT molecular complexity index is 468. The molecule has 0 saturated carbocycles. The third-order valence-corrected chi connectivity index (χ3v) is 3.06. The Morgan fingerprint density at radius 2 is 1.96 bits per heavy atom. The lowest BCUT2D eigenvalue weighted by Gasteiger charge is -2.13. The molecule has 1 aromatic rings. The van der Waals surface area contributed by atoms with Gasteiger partial charge in [0.15, 0.2) is 0 Å². The Kier molecular flexibility index (Phi) is 9.58. The van der Waals surface area contributed by atoms with Crippen LogP contribution in [-0.4, -0.2) is 49.3 Å². The molecule has 2 amide bonds. The highest BCUT2D eigenvalue weighted by molar-refractivity contribution is 5.81. The van der Waals surface area contributed by atoms with E-state index >= 15 is 0 Å². The van der Waals surface area contributed by atoms with Crippen molar-refractivity contribution in [2.24, 2.45) is 0 Å². The van der Waals surface area contributed by atoms with E-state index in [0.29, 0.717) is 26.4 Å². The Hall–Kier alpha value is -1.99. The van der Waals surface area contributed by atoms with E-state index < -0.39 is 6.10 Å². The van der Waals surface area contributed by atoms with Gasteiger partial charge in [0, 0.05) is 38.5 Å². The molecule has 0 spiro atoms. The minimum Gasteiger partial charge on any atom is -0.379 e. The first kappa shape index (κ1) is 19.1. The van der Waals surface area contributed by atoms with Crippen molar-refractivity contribution < 1.29 is 19.1 Å². The molecular weight excluding hydrogens is 298 g/mol. The van der Waals surface area contributed by atoms with Gasteiger partial charge in [-0.1, -0.05) is 0 Å². The number of aromatic nitrogens is 1. The predicted molar refractivity (Wildman–Crippen MR) is 85.6 cm³/mol. The maximum atomic E-state index is 11.8. The zero-order valence-corrected chi connectivity index (χ0v) is 13.7. The van der Waals surface area contributed by atoms with E-state index in [-0.39, 0.29) is 24.8 Å². The molecule has 0 saturated heterocycles. The van der Waals surface area contributed by atoms with Crippen LogP contribution in [0.4, 0.5) is 0 Å². The fourth-order valence-electron chi connectivity index (χ4n) is 1.74. The number of amides is 2. The normalized spacial score (nSPS) is 11.7. The average molecular weight is 323 g/mol. The van der Waals surface area contributed by atoms with Gasteiger partial charge in [-0.25, -0.2) is 0 Å². The van der Waals surface area contributed by atoms with E-state index in [1.807, 2.05) is 19.1 Å². The zero-order valence-electron chi connectivity index (χ0n) is 13.7. The molecule has 23 heavy (non-hydrogen) atoms. The van der Waals surface area contributed by atoms with Crippen molar-refractivity contribution >= 4 is 11.8 Å². The van der Waals surface area contributed by atoms with Crippen molar-refractivity contribution in [3.63, 3.8) is 0 Å². The molecule has 1 heterocycles. The molecule has 1 atom stereocenters. The van der Waals surface area contributed by atoms with Crippen molar-refractivity contribution in [2.75, 3.05) is 26.4 Å². The second-order valence-electron chi connectivity index (χ2n) is 4.88. The number of hydrogen-bond donors (Lipinski definition) is 2. The molecule has 0 radical (unpaired) electrons. The summed E-state index contributed by atoms with van der Waals surface area (Å²) in [6, 6.07) is 3.67. The fourth-order valence-corrected chi connectivity index (χ4v) is 1.74. The van der Waals surface area contributed by atoms with Gasteiger partial charge in [0.25, 0.3) is 0 Å². The summed E-state index contributed by atoms with van der Waals surface area (Å²) in [5, 5.41) is 5.46. The summed E-state index contributed by atoms with van der Waals surface area (Å²) in [6.45, 7) is 5.76. The van der Waals surface area contributed by atoms with Crippen LogP contribution >= 0.6 is 0 Å². The first-order valence-electron chi connectivity index (χ1n) is 7.76. The monoisotopic (exact) mass is 323 g/mol. The molecule has 1 rings (SSSR count). The van der Waals surface area contributed by atoms with Crippen LogP contribution in [-0.2, 0) is 25.6 Å². The summed E-state index contributed by atoms with van der Waals surface area (Å²) in [7, 11) is 0. The Labute approximate surface area is 136 Å². The Morgan fingerprint density at radius 3 is 2.65 bits per heavy atom. The standard InChI is InChI=1S/C16H25N3O4/c1-3-22-10-11-23-13(2)16(21)18-9-6-15(20)19-12-14-4-7-17-8-5-14/h4-5,7-8,13H,3,6,9-12H2,1-2H3,(H,18,21)(H,19,20). The largest absolute Gasteiger partial charge is 0.379 e. The van der Waals surface area contributed by atoms with E-state index in [2.05, 4.69) is 15.6 Å². The van der Waals surface area contributed by atoms with E-state index in [1.54, 1.807) is 19.3 Å². The second kappa shape index (κ2) is 11.6. The average Bonchev–Trinajstić information content (AvgIpc) is 2.57. The fraction of sp³-hybridized carbons (Fsp3) is 0.562. The van der Waals surface area contributed by atoms with Gasteiger partial charge in [0.2, 0.25) is 11.8 Å². The molecule has 0 aromatic carbocycles. The van der Waals surface area contributed by atoms with Crippen molar-refractivity contribution in [2.45, 2.75) is 32.9 Å². The SMILES string of the molecule is CCOCCOC(C)C(=O)NCCC(=O)NCc1ccncc1. The first-order chi connectivity index (χ1) is 11.1. The number of rotatable bonds is 11. The molecule has 7 nitrogen and oxygen atoms in total. The molecule has 1 unspecified atom stereocenters. The van der Waals surface area contributed by atoms with Crippen LogP contribution in [0, 0.1) is 0 Å².